The SMILES string of the molecule is NC(=O)[C@H](CSC(c1ccccc1)(c1ccccc1)c1ccccc1)NC(=O)[C@@H]1CCCN1C(=O)OCC1c2ccccc2-c2ccccc21. The van der Waals surface area contributed by atoms with Gasteiger partial charge in [-0.15, -0.1) is 11.8 Å². The third kappa shape index (κ3) is 6.39. The normalized spacial score (nSPS) is 15.9. The molecule has 0 radical (unpaired) electrons. The lowest BCUT2D eigenvalue weighted by molar-refractivity contribution is -0.129. The van der Waals surface area contributed by atoms with Crippen molar-refractivity contribution in [1.82, 2.24) is 10.2 Å². The summed E-state index contributed by atoms with van der Waals surface area (Å²) in [4.78, 5) is 41.7. The van der Waals surface area contributed by atoms with Crippen molar-refractivity contribution in [2.45, 2.75) is 35.6 Å². The van der Waals surface area contributed by atoms with Crippen molar-refractivity contribution < 1.29 is 19.1 Å². The van der Waals surface area contributed by atoms with Crippen LogP contribution in [0.2, 0.25) is 0 Å². The number of carbonyl (C=O) groups is 3. The number of hydrogen-bond acceptors (Lipinski definition) is 5. The molecule has 50 heavy (non-hydrogen) atoms. The average Bonchev–Trinajstić information content (AvgIpc) is 3.79. The van der Waals surface area contributed by atoms with E-state index in [1.54, 1.807) is 11.8 Å². The van der Waals surface area contributed by atoms with E-state index in [1.807, 2.05) is 78.9 Å². The van der Waals surface area contributed by atoms with Crippen LogP contribution in [0.1, 0.15) is 46.6 Å². The highest BCUT2D eigenvalue weighted by atomic mass is 32.2. The van der Waals surface area contributed by atoms with Crippen LogP contribution in [0.25, 0.3) is 11.1 Å². The maximum atomic E-state index is 13.8. The Balaban J connectivity index is 1.07. The summed E-state index contributed by atoms with van der Waals surface area (Å²) in [5.74, 6) is -0.932. The fourth-order valence-corrected chi connectivity index (χ4v) is 8.95. The van der Waals surface area contributed by atoms with Gasteiger partial charge in [-0.25, -0.2) is 4.79 Å². The number of rotatable bonds is 11. The summed E-state index contributed by atoms with van der Waals surface area (Å²) in [6.45, 7) is 0.558. The molecule has 1 heterocycles. The van der Waals surface area contributed by atoms with Crippen LogP contribution in [-0.2, 0) is 19.1 Å². The highest BCUT2D eigenvalue weighted by molar-refractivity contribution is 8.00. The zero-order valence-electron chi connectivity index (χ0n) is 27.6. The largest absolute Gasteiger partial charge is 0.448 e. The molecule has 5 aromatic carbocycles. The molecule has 7 nitrogen and oxygen atoms in total. The minimum Gasteiger partial charge on any atom is -0.448 e. The lowest BCUT2D eigenvalue weighted by Gasteiger charge is -2.36. The fourth-order valence-electron chi connectivity index (χ4n) is 7.37. The molecule has 0 aromatic heterocycles. The van der Waals surface area contributed by atoms with Crippen molar-refractivity contribution in [1.29, 1.82) is 0 Å². The van der Waals surface area contributed by atoms with Crippen molar-refractivity contribution in [3.8, 4) is 11.1 Å². The second kappa shape index (κ2) is 14.6. The van der Waals surface area contributed by atoms with Gasteiger partial charge in [0.15, 0.2) is 0 Å². The summed E-state index contributed by atoms with van der Waals surface area (Å²) in [6.07, 6.45) is 0.583. The Morgan fingerprint density at radius 1 is 0.740 bits per heavy atom. The van der Waals surface area contributed by atoms with E-state index >= 15 is 0 Å². The summed E-state index contributed by atoms with van der Waals surface area (Å²) in [5.41, 5.74) is 13.6. The van der Waals surface area contributed by atoms with Gasteiger partial charge in [-0.1, -0.05) is 140 Å². The van der Waals surface area contributed by atoms with Gasteiger partial charge < -0.3 is 15.8 Å². The number of amides is 3. The summed E-state index contributed by atoms with van der Waals surface area (Å²) in [5, 5.41) is 2.91. The van der Waals surface area contributed by atoms with E-state index in [0.29, 0.717) is 19.4 Å². The number of hydrogen-bond donors (Lipinski definition) is 2. The monoisotopic (exact) mass is 681 g/mol. The topological polar surface area (TPSA) is 102 Å². The molecule has 5 aromatic rings. The van der Waals surface area contributed by atoms with Crippen LogP contribution >= 0.6 is 11.8 Å². The summed E-state index contributed by atoms with van der Waals surface area (Å²) < 4.78 is 5.22. The number of nitrogens with two attached hydrogens (primary N) is 1. The van der Waals surface area contributed by atoms with Crippen molar-refractivity contribution in [3.05, 3.63) is 167 Å². The van der Waals surface area contributed by atoms with Gasteiger partial charge in [0.25, 0.3) is 0 Å². The highest BCUT2D eigenvalue weighted by Crippen LogP contribution is 2.49. The smallest absolute Gasteiger partial charge is 0.410 e. The standard InChI is InChI=1S/C42H39N3O4S/c43-39(46)37(28-50-42(29-15-4-1-5-16-29,30-17-6-2-7-18-30)31-19-8-3-9-20-31)44-40(47)38-25-14-26-45(38)41(48)49-27-36-34-23-12-10-21-32(34)33-22-11-13-24-35(33)36/h1-13,15-24,36-38H,14,25-28H2,(H2,43,46)(H,44,47)/t37-,38-/m0/s1. The zero-order valence-corrected chi connectivity index (χ0v) is 28.4. The molecule has 0 bridgehead atoms. The third-order valence-corrected chi connectivity index (χ3v) is 11.4. The highest BCUT2D eigenvalue weighted by Gasteiger charge is 2.41. The fraction of sp³-hybridized carbons (Fsp3) is 0.214. The Bertz CT molecular complexity index is 1830. The lowest BCUT2D eigenvalue weighted by Crippen LogP contribution is -2.53. The Kier molecular flexibility index (Phi) is 9.72. The maximum absolute atomic E-state index is 13.8. The molecule has 7 rings (SSSR count). The summed E-state index contributed by atoms with van der Waals surface area (Å²) >= 11 is 1.55. The van der Waals surface area contributed by atoms with E-state index in [2.05, 4.69) is 66.0 Å². The molecule has 3 amide bonds. The van der Waals surface area contributed by atoms with E-state index in [1.165, 1.54) is 4.90 Å². The first-order valence-electron chi connectivity index (χ1n) is 17.0. The number of benzene rings is 5. The number of ether oxygens (including phenoxy) is 1. The summed E-state index contributed by atoms with van der Waals surface area (Å²) in [7, 11) is 0. The van der Waals surface area contributed by atoms with E-state index < -0.39 is 34.7 Å². The van der Waals surface area contributed by atoms with Crippen molar-refractivity contribution >= 4 is 29.7 Å². The quantitative estimate of drug-likeness (QED) is 0.145. The second-order valence-electron chi connectivity index (χ2n) is 12.7. The van der Waals surface area contributed by atoms with Crippen LogP contribution in [0.4, 0.5) is 4.79 Å². The van der Waals surface area contributed by atoms with Gasteiger partial charge >= 0.3 is 6.09 Å². The van der Waals surface area contributed by atoms with Gasteiger partial charge in [0, 0.05) is 18.2 Å². The molecule has 0 saturated carbocycles. The van der Waals surface area contributed by atoms with Crippen LogP contribution in [0, 0.1) is 0 Å². The Morgan fingerprint density at radius 3 is 1.72 bits per heavy atom. The molecule has 1 aliphatic carbocycles. The molecule has 1 saturated heterocycles. The predicted octanol–water partition coefficient (Wildman–Crippen LogP) is 7.10. The number of likely N-dealkylation sites (tertiary alicyclic amines) is 1. The van der Waals surface area contributed by atoms with E-state index in [-0.39, 0.29) is 18.3 Å². The molecule has 2 aliphatic rings. The van der Waals surface area contributed by atoms with Gasteiger partial charge in [-0.3, -0.25) is 14.5 Å². The maximum Gasteiger partial charge on any atom is 0.410 e. The predicted molar refractivity (Wildman–Crippen MR) is 198 cm³/mol. The van der Waals surface area contributed by atoms with Crippen LogP contribution in [0.15, 0.2) is 140 Å². The van der Waals surface area contributed by atoms with E-state index in [4.69, 9.17) is 10.5 Å². The van der Waals surface area contributed by atoms with Gasteiger partial charge in [-0.05, 0) is 51.8 Å². The van der Waals surface area contributed by atoms with Crippen molar-refractivity contribution in [3.63, 3.8) is 0 Å². The number of nitrogens with zero attached hydrogens (tertiary/aromatic N) is 1. The molecule has 0 spiro atoms. The van der Waals surface area contributed by atoms with Gasteiger partial charge in [0.05, 0.1) is 4.75 Å². The molecule has 1 aliphatic heterocycles. The average molecular weight is 682 g/mol. The zero-order chi connectivity index (χ0) is 34.5. The van der Waals surface area contributed by atoms with E-state index in [9.17, 15) is 14.4 Å². The first kappa shape index (κ1) is 33.2. The lowest BCUT2D eigenvalue weighted by atomic mass is 9.84. The minimum absolute atomic E-state index is 0.0865. The molecule has 8 heteroatoms. The second-order valence-corrected chi connectivity index (χ2v) is 13.9. The molecular formula is C42H39N3O4S. The van der Waals surface area contributed by atoms with Crippen molar-refractivity contribution in [2.75, 3.05) is 18.9 Å². The van der Waals surface area contributed by atoms with Crippen LogP contribution < -0.4 is 11.1 Å². The number of fused-ring (bicyclic) bond motifs is 3. The number of nitrogens with one attached hydrogen (secondary N) is 1. The van der Waals surface area contributed by atoms with Crippen LogP contribution in [0.3, 0.4) is 0 Å². The molecule has 3 N–H and O–H groups in total. The first-order valence-corrected chi connectivity index (χ1v) is 18.0. The first-order chi connectivity index (χ1) is 24.5. The van der Waals surface area contributed by atoms with E-state index in [0.717, 1.165) is 38.9 Å². The van der Waals surface area contributed by atoms with Crippen LogP contribution in [0.5, 0.6) is 0 Å². The number of primary amides is 1. The Morgan fingerprint density at radius 2 is 1.22 bits per heavy atom. The van der Waals surface area contributed by atoms with Gasteiger partial charge in [0.1, 0.15) is 18.7 Å². The number of thioether (sulfide) groups is 1. The Labute approximate surface area is 296 Å². The molecule has 0 unspecified atom stereocenters. The van der Waals surface area contributed by atoms with Gasteiger partial charge in [-0.2, -0.15) is 0 Å². The minimum atomic E-state index is -0.979. The molecule has 252 valence electrons. The third-order valence-electron chi connectivity index (χ3n) is 9.79. The molecule has 2 atom stereocenters. The van der Waals surface area contributed by atoms with Gasteiger partial charge in [0.2, 0.25) is 11.8 Å². The Hall–Kier alpha value is -5.34. The van der Waals surface area contributed by atoms with Crippen molar-refractivity contribution in [2.24, 2.45) is 5.73 Å². The molecular weight excluding hydrogens is 643 g/mol. The number of carbonyl (C=O) groups excluding carboxylic acids is 3. The molecule has 1 fully saturated rings. The summed E-state index contributed by atoms with van der Waals surface area (Å²) in [6, 6.07) is 45.0. The van der Waals surface area contributed by atoms with Crippen LogP contribution in [-0.4, -0.2) is 53.8 Å².